The Morgan fingerprint density at radius 2 is 2.06 bits per heavy atom. The molecular weight excluding hydrogens is 202 g/mol. The van der Waals surface area contributed by atoms with Crippen LogP contribution in [0.4, 0.5) is 0 Å². The molecule has 1 saturated heterocycles. The third-order valence-corrected chi connectivity index (χ3v) is 2.92. The Labute approximate surface area is 98.2 Å². The van der Waals surface area contributed by atoms with Gasteiger partial charge in [0.1, 0.15) is 0 Å². The van der Waals surface area contributed by atoms with Crippen LogP contribution in [0.1, 0.15) is 52.9 Å². The molecule has 0 aromatic heterocycles. The average Bonchev–Trinajstić information content (AvgIpc) is 2.15. The molecule has 0 N–H and O–H groups in total. The molecule has 1 rings (SSSR count). The number of piperidine rings is 1. The summed E-state index contributed by atoms with van der Waals surface area (Å²) in [4.78, 5) is 24.7. The molecule has 1 aliphatic heterocycles. The number of carbonyl (C=O) groups is 2. The van der Waals surface area contributed by atoms with E-state index < -0.39 is 0 Å². The third-order valence-electron chi connectivity index (χ3n) is 2.92. The van der Waals surface area contributed by atoms with Crippen molar-refractivity contribution in [3.05, 3.63) is 0 Å². The maximum Gasteiger partial charge on any atom is 0.222 e. The molecule has 92 valence electrons. The summed E-state index contributed by atoms with van der Waals surface area (Å²) < 4.78 is 0. The van der Waals surface area contributed by atoms with Crippen molar-refractivity contribution in [2.45, 2.75) is 52.9 Å². The third kappa shape index (κ3) is 4.77. The number of carbonyl (C=O) groups excluding carboxylic acids is 2. The number of hydrogen-bond donors (Lipinski definition) is 0. The van der Waals surface area contributed by atoms with Crippen LogP contribution >= 0.6 is 0 Å². The Balaban J connectivity index is 2.27. The van der Waals surface area contributed by atoms with Gasteiger partial charge in [-0.3, -0.25) is 9.59 Å². The second-order valence-electron chi connectivity index (χ2n) is 5.87. The molecule has 0 radical (unpaired) electrons. The van der Waals surface area contributed by atoms with Crippen LogP contribution in [-0.2, 0) is 9.59 Å². The van der Waals surface area contributed by atoms with Crippen molar-refractivity contribution < 1.29 is 9.59 Å². The van der Waals surface area contributed by atoms with Crippen molar-refractivity contribution in [3.8, 4) is 0 Å². The van der Waals surface area contributed by atoms with Crippen molar-refractivity contribution in [1.29, 1.82) is 0 Å². The SMILES string of the molecule is CC(C)(C)CCCC(=O)N1CCCC(=O)C1. The molecule has 0 saturated carbocycles. The van der Waals surface area contributed by atoms with Crippen LogP contribution in [0, 0.1) is 5.41 Å². The van der Waals surface area contributed by atoms with E-state index in [-0.39, 0.29) is 17.1 Å². The molecular formula is C13H23NO2. The summed E-state index contributed by atoms with van der Waals surface area (Å²) in [5.74, 6) is 0.354. The van der Waals surface area contributed by atoms with Gasteiger partial charge in [0.05, 0.1) is 6.54 Å². The molecule has 1 fully saturated rings. The topological polar surface area (TPSA) is 37.4 Å². The van der Waals surface area contributed by atoms with Crippen molar-refractivity contribution in [2.24, 2.45) is 5.41 Å². The second kappa shape index (κ2) is 5.46. The fraction of sp³-hybridized carbons (Fsp3) is 0.846. The highest BCUT2D eigenvalue weighted by molar-refractivity contribution is 5.87. The molecule has 0 spiro atoms. The molecule has 1 amide bonds. The first-order chi connectivity index (χ1) is 7.38. The Bertz CT molecular complexity index is 266. The van der Waals surface area contributed by atoms with Crippen molar-refractivity contribution >= 4 is 11.7 Å². The predicted molar refractivity (Wildman–Crippen MR) is 64.1 cm³/mol. The average molecular weight is 225 g/mol. The molecule has 0 aliphatic carbocycles. The van der Waals surface area contributed by atoms with Crippen LogP contribution in [0.2, 0.25) is 0 Å². The lowest BCUT2D eigenvalue weighted by atomic mass is 9.90. The fourth-order valence-corrected chi connectivity index (χ4v) is 1.98. The highest BCUT2D eigenvalue weighted by atomic mass is 16.2. The molecule has 1 heterocycles. The largest absolute Gasteiger partial charge is 0.335 e. The zero-order valence-corrected chi connectivity index (χ0v) is 10.7. The summed E-state index contributed by atoms with van der Waals surface area (Å²) in [6.07, 6.45) is 4.05. The monoisotopic (exact) mass is 225 g/mol. The molecule has 0 unspecified atom stereocenters. The lowest BCUT2D eigenvalue weighted by Gasteiger charge is -2.26. The summed E-state index contributed by atoms with van der Waals surface area (Å²) in [6, 6.07) is 0. The quantitative estimate of drug-likeness (QED) is 0.739. The first kappa shape index (κ1) is 13.2. The van der Waals surface area contributed by atoms with Gasteiger partial charge in [0.25, 0.3) is 0 Å². The van der Waals surface area contributed by atoms with E-state index in [0.717, 1.165) is 25.8 Å². The number of rotatable bonds is 3. The molecule has 0 aromatic carbocycles. The second-order valence-corrected chi connectivity index (χ2v) is 5.87. The van der Waals surface area contributed by atoms with E-state index in [0.29, 0.717) is 19.4 Å². The number of hydrogen-bond acceptors (Lipinski definition) is 2. The summed E-state index contributed by atoms with van der Waals surface area (Å²) in [7, 11) is 0. The Morgan fingerprint density at radius 3 is 2.62 bits per heavy atom. The van der Waals surface area contributed by atoms with Gasteiger partial charge in [-0.1, -0.05) is 20.8 Å². The number of Topliss-reactive ketones (excluding diaryl/α,β-unsaturated/α-hetero) is 1. The van der Waals surface area contributed by atoms with Gasteiger partial charge in [0, 0.05) is 19.4 Å². The van der Waals surface area contributed by atoms with E-state index in [2.05, 4.69) is 20.8 Å². The highest BCUT2D eigenvalue weighted by Gasteiger charge is 2.21. The molecule has 16 heavy (non-hydrogen) atoms. The molecule has 3 heteroatoms. The maximum absolute atomic E-state index is 11.8. The van der Waals surface area contributed by atoms with Gasteiger partial charge in [-0.05, 0) is 24.7 Å². The minimum Gasteiger partial charge on any atom is -0.335 e. The molecule has 1 aliphatic rings. The minimum atomic E-state index is 0.150. The van der Waals surface area contributed by atoms with Gasteiger partial charge in [0.2, 0.25) is 5.91 Å². The van der Waals surface area contributed by atoms with Gasteiger partial charge in [-0.15, -0.1) is 0 Å². The summed E-state index contributed by atoms with van der Waals surface area (Å²) in [5.41, 5.74) is 0.290. The van der Waals surface area contributed by atoms with Gasteiger partial charge in [0.15, 0.2) is 5.78 Å². The molecule has 0 atom stereocenters. The highest BCUT2D eigenvalue weighted by Crippen LogP contribution is 2.22. The van der Waals surface area contributed by atoms with E-state index >= 15 is 0 Å². The Hall–Kier alpha value is -0.860. The van der Waals surface area contributed by atoms with Gasteiger partial charge >= 0.3 is 0 Å². The molecule has 0 aromatic rings. The normalized spacial score (nSPS) is 17.7. The summed E-state index contributed by atoms with van der Waals surface area (Å²) in [5, 5.41) is 0. The van der Waals surface area contributed by atoms with Crippen LogP contribution in [0.5, 0.6) is 0 Å². The van der Waals surface area contributed by atoms with Gasteiger partial charge in [-0.25, -0.2) is 0 Å². The van der Waals surface area contributed by atoms with E-state index in [4.69, 9.17) is 0 Å². The van der Waals surface area contributed by atoms with Gasteiger partial charge in [-0.2, -0.15) is 0 Å². The van der Waals surface area contributed by atoms with Crippen molar-refractivity contribution in [2.75, 3.05) is 13.1 Å². The smallest absolute Gasteiger partial charge is 0.222 e. The van der Waals surface area contributed by atoms with E-state index in [1.165, 1.54) is 0 Å². The van der Waals surface area contributed by atoms with Crippen molar-refractivity contribution in [3.63, 3.8) is 0 Å². The number of amides is 1. The zero-order chi connectivity index (χ0) is 12.2. The Kier molecular flexibility index (Phi) is 4.51. The van der Waals surface area contributed by atoms with Gasteiger partial charge < -0.3 is 4.90 Å². The lowest BCUT2D eigenvalue weighted by molar-refractivity contribution is -0.137. The van der Waals surface area contributed by atoms with Crippen LogP contribution < -0.4 is 0 Å². The fourth-order valence-electron chi connectivity index (χ4n) is 1.98. The standard InChI is InChI=1S/C13H23NO2/c1-13(2,3)8-4-7-12(16)14-9-5-6-11(15)10-14/h4-10H2,1-3H3. The first-order valence-electron chi connectivity index (χ1n) is 6.18. The van der Waals surface area contributed by atoms with E-state index in [1.807, 2.05) is 0 Å². The number of nitrogens with zero attached hydrogens (tertiary/aromatic N) is 1. The maximum atomic E-state index is 11.8. The number of ketones is 1. The van der Waals surface area contributed by atoms with Crippen molar-refractivity contribution in [1.82, 2.24) is 4.90 Å². The lowest BCUT2D eigenvalue weighted by Crippen LogP contribution is -2.40. The summed E-state index contributed by atoms with van der Waals surface area (Å²) in [6.45, 7) is 7.65. The van der Waals surface area contributed by atoms with E-state index in [1.54, 1.807) is 4.90 Å². The number of likely N-dealkylation sites (tertiary alicyclic amines) is 1. The first-order valence-corrected chi connectivity index (χ1v) is 6.18. The van der Waals surface area contributed by atoms with Crippen LogP contribution in [-0.4, -0.2) is 29.7 Å². The molecule has 3 nitrogen and oxygen atoms in total. The molecule has 0 bridgehead atoms. The summed E-state index contributed by atoms with van der Waals surface area (Å²) >= 11 is 0. The zero-order valence-electron chi connectivity index (χ0n) is 10.7. The van der Waals surface area contributed by atoms with Crippen LogP contribution in [0.15, 0.2) is 0 Å². The predicted octanol–water partition coefficient (Wildman–Crippen LogP) is 2.39. The van der Waals surface area contributed by atoms with Crippen LogP contribution in [0.25, 0.3) is 0 Å². The minimum absolute atomic E-state index is 0.150. The Morgan fingerprint density at radius 1 is 1.38 bits per heavy atom. The van der Waals surface area contributed by atoms with Crippen LogP contribution in [0.3, 0.4) is 0 Å². The van der Waals surface area contributed by atoms with E-state index in [9.17, 15) is 9.59 Å².